The Hall–Kier alpha value is -2.81. The van der Waals surface area contributed by atoms with Crippen LogP contribution in [-0.2, 0) is 22.9 Å². The Bertz CT molecular complexity index is 1550. The van der Waals surface area contributed by atoms with E-state index in [-0.39, 0.29) is 30.5 Å². The number of hydrogen-bond acceptors (Lipinski definition) is 6. The van der Waals surface area contributed by atoms with Crippen LogP contribution in [-0.4, -0.2) is 55.9 Å². The molecule has 3 aromatic rings. The van der Waals surface area contributed by atoms with E-state index in [9.17, 15) is 13.6 Å². The van der Waals surface area contributed by atoms with Crippen molar-refractivity contribution in [3.05, 3.63) is 45.9 Å². The van der Waals surface area contributed by atoms with Crippen molar-refractivity contribution < 1.29 is 27.7 Å². The van der Waals surface area contributed by atoms with Crippen LogP contribution in [0.3, 0.4) is 0 Å². The first-order valence-electron chi connectivity index (χ1n) is 14.7. The van der Waals surface area contributed by atoms with E-state index in [1.54, 1.807) is 12.3 Å². The summed E-state index contributed by atoms with van der Waals surface area (Å²) in [6.45, 7) is 17.7. The van der Waals surface area contributed by atoms with Crippen LogP contribution in [0.4, 0.5) is 8.78 Å². The van der Waals surface area contributed by atoms with E-state index in [1.807, 2.05) is 37.5 Å². The first-order valence-corrected chi connectivity index (χ1v) is 22.1. The molecule has 0 unspecified atom stereocenters. The highest BCUT2D eigenvalue weighted by Crippen LogP contribution is 2.46. The third-order valence-electron chi connectivity index (χ3n) is 7.39. The molecule has 0 aliphatic carbocycles. The number of fused-ring (bicyclic) bond motifs is 2. The van der Waals surface area contributed by atoms with Gasteiger partial charge in [0.1, 0.15) is 19.1 Å². The molecule has 0 fully saturated rings. The molecule has 0 N–H and O–H groups in total. The summed E-state index contributed by atoms with van der Waals surface area (Å²) in [6.07, 6.45) is 5.42. The van der Waals surface area contributed by atoms with Crippen molar-refractivity contribution in [2.45, 2.75) is 97.8 Å². The molecule has 1 aromatic carbocycles. The van der Waals surface area contributed by atoms with Gasteiger partial charge in [-0.15, -0.1) is 0 Å². The first-order chi connectivity index (χ1) is 20.0. The molecule has 236 valence electrons. The largest absolute Gasteiger partial charge is 0.479 e. The molecule has 8 nitrogen and oxygen atoms in total. The minimum absolute atomic E-state index is 0.0441. The SMILES string of the molecule is Cc1c(-c2ccc(OC(F)F)c3c2C=CC(C)(C)O3)n(COCC[Si](C)(C)C)c2cnn(COCC[Si](C)(C)C)c(=O)c12. The lowest BCUT2D eigenvalue weighted by atomic mass is 9.95. The van der Waals surface area contributed by atoms with Gasteiger partial charge in [-0.3, -0.25) is 4.79 Å². The number of nitrogens with zero attached hydrogens (tertiary/aromatic N) is 3. The van der Waals surface area contributed by atoms with E-state index in [2.05, 4.69) is 44.4 Å². The van der Waals surface area contributed by atoms with Crippen LogP contribution in [0.15, 0.2) is 29.2 Å². The fourth-order valence-electron chi connectivity index (χ4n) is 4.94. The molecule has 0 spiro atoms. The number of ether oxygens (including phenoxy) is 4. The molecule has 3 heterocycles. The topological polar surface area (TPSA) is 76.7 Å². The molecule has 12 heteroatoms. The van der Waals surface area contributed by atoms with E-state index in [0.717, 1.165) is 23.3 Å². The summed E-state index contributed by atoms with van der Waals surface area (Å²) in [6, 6.07) is 5.20. The van der Waals surface area contributed by atoms with Gasteiger partial charge in [-0.25, -0.2) is 4.68 Å². The van der Waals surface area contributed by atoms with Crippen molar-refractivity contribution in [3.63, 3.8) is 0 Å². The monoisotopic (exact) mass is 633 g/mol. The first kappa shape index (κ1) is 33.1. The van der Waals surface area contributed by atoms with Crippen molar-refractivity contribution in [1.82, 2.24) is 14.3 Å². The lowest BCUT2D eigenvalue weighted by molar-refractivity contribution is -0.0526. The van der Waals surface area contributed by atoms with Crippen molar-refractivity contribution in [1.29, 1.82) is 0 Å². The van der Waals surface area contributed by atoms with Gasteiger partial charge in [-0.2, -0.15) is 13.9 Å². The Balaban J connectivity index is 1.84. The smallest absolute Gasteiger partial charge is 0.387 e. The van der Waals surface area contributed by atoms with Crippen LogP contribution in [0.1, 0.15) is 25.0 Å². The van der Waals surface area contributed by atoms with Crippen LogP contribution in [0.5, 0.6) is 11.5 Å². The molecular weight excluding hydrogens is 589 g/mol. The second kappa shape index (κ2) is 12.7. The van der Waals surface area contributed by atoms with Gasteiger partial charge in [0.15, 0.2) is 11.5 Å². The van der Waals surface area contributed by atoms with Gasteiger partial charge < -0.3 is 23.5 Å². The zero-order valence-corrected chi connectivity index (χ0v) is 28.8. The molecule has 0 saturated heterocycles. The highest BCUT2D eigenvalue weighted by Gasteiger charge is 2.30. The van der Waals surface area contributed by atoms with Crippen LogP contribution in [0, 0.1) is 6.92 Å². The standard InChI is InChI=1S/C31H45F2N3O5Si2/c1-21-26-24(18-34-36(29(26)37)20-39-15-17-43(7,8)9)35(19-38-14-16-42(4,5)6)27(21)22-10-11-25(40-30(32)33)28-23(22)12-13-31(2,3)41-28/h10-13,18,30H,14-17,19-20H2,1-9H3. The van der Waals surface area contributed by atoms with Gasteiger partial charge in [0.2, 0.25) is 0 Å². The van der Waals surface area contributed by atoms with E-state index < -0.39 is 28.4 Å². The van der Waals surface area contributed by atoms with Crippen molar-refractivity contribution >= 4 is 33.1 Å². The van der Waals surface area contributed by atoms with Gasteiger partial charge >= 0.3 is 6.61 Å². The predicted molar refractivity (Wildman–Crippen MR) is 173 cm³/mol. The zero-order chi connectivity index (χ0) is 31.7. The zero-order valence-electron chi connectivity index (χ0n) is 26.8. The lowest BCUT2D eigenvalue weighted by Gasteiger charge is -2.30. The minimum atomic E-state index is -3.00. The van der Waals surface area contributed by atoms with E-state index in [4.69, 9.17) is 18.9 Å². The average Bonchev–Trinajstić information content (AvgIpc) is 3.15. The van der Waals surface area contributed by atoms with Gasteiger partial charge in [-0.05, 0) is 56.6 Å². The molecular formula is C31H45F2N3O5Si2. The molecule has 0 bridgehead atoms. The molecule has 0 atom stereocenters. The fraction of sp³-hybridized carbons (Fsp3) is 0.548. The molecule has 2 aromatic heterocycles. The summed E-state index contributed by atoms with van der Waals surface area (Å²) in [4.78, 5) is 13.8. The third-order valence-corrected chi connectivity index (χ3v) is 10.8. The maximum Gasteiger partial charge on any atom is 0.387 e. The molecule has 1 aliphatic heterocycles. The molecule has 43 heavy (non-hydrogen) atoms. The number of rotatable bonds is 13. The summed E-state index contributed by atoms with van der Waals surface area (Å²) in [5.41, 5.74) is 2.41. The number of aryl methyl sites for hydroxylation is 1. The van der Waals surface area contributed by atoms with Crippen molar-refractivity contribution in [3.8, 4) is 22.8 Å². The van der Waals surface area contributed by atoms with Crippen LogP contribution in [0.2, 0.25) is 51.4 Å². The van der Waals surface area contributed by atoms with Crippen LogP contribution in [0.25, 0.3) is 28.2 Å². The molecule has 0 amide bonds. The van der Waals surface area contributed by atoms with Gasteiger partial charge in [0.25, 0.3) is 5.56 Å². The van der Waals surface area contributed by atoms with E-state index in [0.29, 0.717) is 35.2 Å². The van der Waals surface area contributed by atoms with Crippen LogP contribution < -0.4 is 15.0 Å². The normalized spacial score (nSPS) is 14.8. The predicted octanol–water partition coefficient (Wildman–Crippen LogP) is 7.58. The average molecular weight is 634 g/mol. The maximum atomic E-state index is 13.8. The van der Waals surface area contributed by atoms with Crippen molar-refractivity contribution in [2.24, 2.45) is 0 Å². The molecule has 1 aliphatic rings. The second-order valence-electron chi connectivity index (χ2n) is 14.1. The number of hydrogen-bond donors (Lipinski definition) is 0. The number of halogens is 2. The summed E-state index contributed by atoms with van der Waals surface area (Å²) >= 11 is 0. The number of alkyl halides is 2. The summed E-state index contributed by atoms with van der Waals surface area (Å²) in [5.74, 6) is 0.185. The van der Waals surface area contributed by atoms with Gasteiger partial charge in [-0.1, -0.05) is 45.4 Å². The van der Waals surface area contributed by atoms with Crippen molar-refractivity contribution in [2.75, 3.05) is 13.2 Å². The second-order valence-corrected chi connectivity index (χ2v) is 25.3. The Kier molecular flexibility index (Phi) is 9.75. The van der Waals surface area contributed by atoms with Crippen LogP contribution >= 0.6 is 0 Å². The molecule has 4 rings (SSSR count). The van der Waals surface area contributed by atoms with Gasteiger partial charge in [0, 0.05) is 40.5 Å². The Morgan fingerprint density at radius 3 is 2.23 bits per heavy atom. The fourth-order valence-corrected chi connectivity index (χ4v) is 6.46. The summed E-state index contributed by atoms with van der Waals surface area (Å²) in [7, 11) is -2.61. The minimum Gasteiger partial charge on any atom is -0.479 e. The third kappa shape index (κ3) is 8.03. The highest BCUT2D eigenvalue weighted by atomic mass is 28.3. The molecule has 0 saturated carbocycles. The Labute approximate surface area is 254 Å². The summed E-state index contributed by atoms with van der Waals surface area (Å²) in [5, 5.41) is 4.96. The molecule has 0 radical (unpaired) electrons. The maximum absolute atomic E-state index is 13.8. The quantitative estimate of drug-likeness (QED) is 0.143. The number of aromatic nitrogens is 3. The van der Waals surface area contributed by atoms with E-state index >= 15 is 0 Å². The highest BCUT2D eigenvalue weighted by molar-refractivity contribution is 6.76. The summed E-state index contributed by atoms with van der Waals surface area (Å²) < 4.78 is 52.9. The van der Waals surface area contributed by atoms with E-state index in [1.165, 1.54) is 10.7 Å². The Morgan fingerprint density at radius 2 is 1.63 bits per heavy atom. The Morgan fingerprint density at radius 1 is 1.00 bits per heavy atom. The number of benzene rings is 1. The lowest BCUT2D eigenvalue weighted by Crippen LogP contribution is -2.28. The van der Waals surface area contributed by atoms with Gasteiger partial charge in [0.05, 0.1) is 22.8 Å².